The normalized spacial score (nSPS) is 17.6. The van der Waals surface area contributed by atoms with Gasteiger partial charge in [0.2, 0.25) is 15.9 Å². The standard InChI is InChI=1S/C23H34N2O6S/c1-3-31-22(26)17-24(14-15-30-2)23(27)19-10-12-25(13-11-19)32(28,29)21-9-8-18-6-4-5-7-20(18)16-21/h8-9,16,19H,3-7,10-15,17H2,1-2H3. The van der Waals surface area contributed by atoms with E-state index < -0.39 is 16.0 Å². The van der Waals surface area contributed by atoms with Crippen LogP contribution in [0.4, 0.5) is 0 Å². The second-order valence-electron chi connectivity index (χ2n) is 8.37. The maximum Gasteiger partial charge on any atom is 0.325 e. The molecule has 0 unspecified atom stereocenters. The van der Waals surface area contributed by atoms with Gasteiger partial charge in [-0.05, 0) is 68.7 Å². The van der Waals surface area contributed by atoms with Crippen molar-refractivity contribution in [2.24, 2.45) is 5.92 Å². The zero-order valence-electron chi connectivity index (χ0n) is 19.0. The summed E-state index contributed by atoms with van der Waals surface area (Å²) in [5, 5.41) is 0. The third kappa shape index (κ3) is 5.88. The number of hydrogen-bond acceptors (Lipinski definition) is 6. The highest BCUT2D eigenvalue weighted by Gasteiger charge is 2.34. The highest BCUT2D eigenvalue weighted by molar-refractivity contribution is 7.89. The van der Waals surface area contributed by atoms with Gasteiger partial charge < -0.3 is 14.4 Å². The van der Waals surface area contributed by atoms with E-state index in [1.807, 2.05) is 12.1 Å². The van der Waals surface area contributed by atoms with Crippen molar-refractivity contribution in [2.75, 3.05) is 46.5 Å². The van der Waals surface area contributed by atoms with Crippen molar-refractivity contribution >= 4 is 21.9 Å². The minimum atomic E-state index is -3.59. The Morgan fingerprint density at radius 1 is 1.12 bits per heavy atom. The van der Waals surface area contributed by atoms with Crippen molar-refractivity contribution in [2.45, 2.75) is 50.3 Å². The van der Waals surface area contributed by atoms with E-state index in [0.717, 1.165) is 31.2 Å². The Labute approximate surface area is 190 Å². The lowest BCUT2D eigenvalue weighted by Gasteiger charge is -2.33. The molecule has 1 amide bonds. The van der Waals surface area contributed by atoms with E-state index in [1.54, 1.807) is 13.0 Å². The summed E-state index contributed by atoms with van der Waals surface area (Å²) in [6, 6.07) is 5.48. The lowest BCUT2D eigenvalue weighted by Crippen LogP contribution is -2.46. The fourth-order valence-corrected chi connectivity index (χ4v) is 5.97. The predicted molar refractivity (Wildman–Crippen MR) is 120 cm³/mol. The number of methoxy groups -OCH3 is 1. The number of piperidine rings is 1. The molecule has 1 heterocycles. The Kier molecular flexibility index (Phi) is 8.67. The van der Waals surface area contributed by atoms with Crippen LogP contribution in [0.5, 0.6) is 0 Å². The number of amides is 1. The fraction of sp³-hybridized carbons (Fsp3) is 0.652. The Balaban J connectivity index is 1.63. The third-order valence-electron chi connectivity index (χ3n) is 6.26. The second-order valence-corrected chi connectivity index (χ2v) is 10.3. The first-order valence-corrected chi connectivity index (χ1v) is 12.9. The van der Waals surface area contributed by atoms with Crippen LogP contribution >= 0.6 is 0 Å². The second kappa shape index (κ2) is 11.2. The molecule has 0 aromatic heterocycles. The number of carbonyl (C=O) groups excluding carboxylic acids is 2. The van der Waals surface area contributed by atoms with E-state index in [1.165, 1.54) is 21.9 Å². The number of hydrogen-bond donors (Lipinski definition) is 0. The maximum absolute atomic E-state index is 13.2. The van der Waals surface area contributed by atoms with Gasteiger partial charge in [-0.1, -0.05) is 6.07 Å². The van der Waals surface area contributed by atoms with Gasteiger partial charge in [0.05, 0.1) is 18.1 Å². The summed E-state index contributed by atoms with van der Waals surface area (Å²) < 4.78 is 37.9. The van der Waals surface area contributed by atoms with Crippen LogP contribution in [0.2, 0.25) is 0 Å². The average molecular weight is 467 g/mol. The topological polar surface area (TPSA) is 93.2 Å². The molecule has 0 bridgehead atoms. The van der Waals surface area contributed by atoms with Crippen LogP contribution in [0.3, 0.4) is 0 Å². The number of sulfonamides is 1. The molecule has 0 atom stereocenters. The van der Waals surface area contributed by atoms with E-state index in [-0.39, 0.29) is 38.1 Å². The lowest BCUT2D eigenvalue weighted by molar-refractivity contribution is -0.151. The minimum absolute atomic E-state index is 0.121. The summed E-state index contributed by atoms with van der Waals surface area (Å²) in [6.07, 6.45) is 5.03. The number of fused-ring (bicyclic) bond motifs is 1. The minimum Gasteiger partial charge on any atom is -0.465 e. The van der Waals surface area contributed by atoms with Gasteiger partial charge in [0.15, 0.2) is 0 Å². The molecule has 1 aliphatic carbocycles. The summed E-state index contributed by atoms with van der Waals surface area (Å²) in [6.45, 7) is 3.03. The number of ether oxygens (including phenoxy) is 2. The molecular formula is C23H34N2O6S. The van der Waals surface area contributed by atoms with Crippen LogP contribution < -0.4 is 0 Å². The molecule has 1 aliphatic heterocycles. The van der Waals surface area contributed by atoms with E-state index in [9.17, 15) is 18.0 Å². The van der Waals surface area contributed by atoms with Crippen molar-refractivity contribution in [1.82, 2.24) is 9.21 Å². The van der Waals surface area contributed by atoms with E-state index in [4.69, 9.17) is 9.47 Å². The molecule has 0 spiro atoms. The van der Waals surface area contributed by atoms with Crippen LogP contribution in [-0.2, 0) is 41.9 Å². The van der Waals surface area contributed by atoms with Gasteiger partial charge >= 0.3 is 5.97 Å². The zero-order chi connectivity index (χ0) is 23.1. The van der Waals surface area contributed by atoms with Gasteiger partial charge in [-0.2, -0.15) is 4.31 Å². The maximum atomic E-state index is 13.2. The molecule has 1 saturated heterocycles. The Bertz CT molecular complexity index is 909. The Hall–Kier alpha value is -1.97. The van der Waals surface area contributed by atoms with Gasteiger partial charge in [0.1, 0.15) is 6.54 Å². The number of rotatable bonds is 9. The van der Waals surface area contributed by atoms with Gasteiger partial charge in [0.25, 0.3) is 0 Å². The first-order chi connectivity index (χ1) is 15.4. The molecular weight excluding hydrogens is 432 g/mol. The van der Waals surface area contributed by atoms with Crippen molar-refractivity contribution in [3.63, 3.8) is 0 Å². The van der Waals surface area contributed by atoms with Crippen LogP contribution in [0.1, 0.15) is 43.7 Å². The molecule has 3 rings (SSSR count). The highest BCUT2D eigenvalue weighted by Crippen LogP contribution is 2.28. The van der Waals surface area contributed by atoms with Crippen LogP contribution in [0.25, 0.3) is 0 Å². The first kappa shape index (κ1) is 24.7. The number of benzene rings is 1. The monoisotopic (exact) mass is 466 g/mol. The van der Waals surface area contributed by atoms with Crippen molar-refractivity contribution in [1.29, 1.82) is 0 Å². The molecule has 32 heavy (non-hydrogen) atoms. The molecule has 0 N–H and O–H groups in total. The summed E-state index contributed by atoms with van der Waals surface area (Å²) in [7, 11) is -2.05. The molecule has 178 valence electrons. The SMILES string of the molecule is CCOC(=O)CN(CCOC)C(=O)C1CCN(S(=O)(=O)c2ccc3c(c2)CCCC3)CC1. The molecule has 8 nitrogen and oxygen atoms in total. The largest absolute Gasteiger partial charge is 0.465 e. The lowest BCUT2D eigenvalue weighted by atomic mass is 9.92. The molecule has 1 aromatic carbocycles. The van der Waals surface area contributed by atoms with Crippen LogP contribution in [-0.4, -0.2) is 76.0 Å². The van der Waals surface area contributed by atoms with Crippen molar-refractivity contribution < 1.29 is 27.5 Å². The molecule has 0 radical (unpaired) electrons. The summed E-state index contributed by atoms with van der Waals surface area (Å²) in [4.78, 5) is 26.7. The van der Waals surface area contributed by atoms with Gasteiger partial charge in [-0.15, -0.1) is 0 Å². The number of nitrogens with zero attached hydrogens (tertiary/aromatic N) is 2. The fourth-order valence-electron chi connectivity index (χ4n) is 4.45. The smallest absolute Gasteiger partial charge is 0.325 e. The van der Waals surface area contributed by atoms with E-state index in [2.05, 4.69) is 0 Å². The molecule has 2 aliphatic rings. The third-order valence-corrected chi connectivity index (χ3v) is 8.16. The highest BCUT2D eigenvalue weighted by atomic mass is 32.2. The molecule has 9 heteroatoms. The Morgan fingerprint density at radius 2 is 1.81 bits per heavy atom. The number of carbonyl (C=O) groups is 2. The number of aryl methyl sites for hydroxylation is 2. The van der Waals surface area contributed by atoms with Crippen LogP contribution in [0.15, 0.2) is 23.1 Å². The molecule has 1 fully saturated rings. The summed E-state index contributed by atoms with van der Waals surface area (Å²) in [5.74, 6) is -0.929. The summed E-state index contributed by atoms with van der Waals surface area (Å²) >= 11 is 0. The van der Waals surface area contributed by atoms with Gasteiger partial charge in [-0.25, -0.2) is 8.42 Å². The number of esters is 1. The van der Waals surface area contributed by atoms with Gasteiger partial charge in [-0.3, -0.25) is 9.59 Å². The predicted octanol–water partition coefficient (Wildman–Crippen LogP) is 2.00. The average Bonchev–Trinajstić information content (AvgIpc) is 2.81. The van der Waals surface area contributed by atoms with Gasteiger partial charge in [0, 0.05) is 32.7 Å². The van der Waals surface area contributed by atoms with Crippen molar-refractivity contribution in [3.05, 3.63) is 29.3 Å². The first-order valence-electron chi connectivity index (χ1n) is 11.4. The quantitative estimate of drug-likeness (QED) is 0.517. The van der Waals surface area contributed by atoms with Crippen molar-refractivity contribution in [3.8, 4) is 0 Å². The Morgan fingerprint density at radius 3 is 2.47 bits per heavy atom. The summed E-state index contributed by atoms with van der Waals surface area (Å²) in [5.41, 5.74) is 2.38. The zero-order valence-corrected chi connectivity index (χ0v) is 19.9. The molecule has 1 aromatic rings. The molecule has 0 saturated carbocycles. The van der Waals surface area contributed by atoms with E-state index >= 15 is 0 Å². The van der Waals surface area contributed by atoms with Crippen LogP contribution in [0, 0.1) is 5.92 Å². The van der Waals surface area contributed by atoms with E-state index in [0.29, 0.717) is 30.9 Å².